The Labute approximate surface area is 114 Å². The monoisotopic (exact) mass is 288 g/mol. The van der Waals surface area contributed by atoms with Crippen LogP contribution in [0.1, 0.15) is 26.0 Å². The van der Waals surface area contributed by atoms with E-state index in [0.29, 0.717) is 0 Å². The summed E-state index contributed by atoms with van der Waals surface area (Å²) >= 11 is 0. The number of carbonyl (C=O) groups excluding carboxylic acids is 1. The maximum absolute atomic E-state index is 13.2. The molecule has 1 aliphatic heterocycles. The van der Waals surface area contributed by atoms with Gasteiger partial charge in [0, 0.05) is 6.20 Å². The van der Waals surface area contributed by atoms with Crippen LogP contribution in [-0.2, 0) is 15.1 Å². The molecule has 7 heteroatoms. The van der Waals surface area contributed by atoms with Gasteiger partial charge in [0.25, 0.3) is 5.91 Å². The normalized spacial score (nSPS) is 34.1. The minimum absolute atomic E-state index is 0.104. The first-order valence-corrected chi connectivity index (χ1v) is 6.12. The fraction of sp³-hybridized carbons (Fsp3) is 0.538. The number of hydrogen-bond acceptors (Lipinski definition) is 3. The quantitative estimate of drug-likeness (QED) is 0.906. The van der Waals surface area contributed by atoms with Crippen molar-refractivity contribution < 1.29 is 22.7 Å². The lowest BCUT2D eigenvalue weighted by Crippen LogP contribution is -2.50. The summed E-state index contributed by atoms with van der Waals surface area (Å²) in [6.07, 6.45) is -3.37. The second kappa shape index (κ2) is 4.44. The summed E-state index contributed by atoms with van der Waals surface area (Å²) in [5.41, 5.74) is 1.15. The molecule has 2 heterocycles. The first kappa shape index (κ1) is 14.8. The van der Waals surface area contributed by atoms with E-state index < -0.39 is 29.2 Å². The summed E-state index contributed by atoms with van der Waals surface area (Å²) in [5, 5.41) is 0. The van der Waals surface area contributed by atoms with Crippen molar-refractivity contribution in [2.45, 2.75) is 37.6 Å². The van der Waals surface area contributed by atoms with Crippen molar-refractivity contribution in [2.75, 3.05) is 0 Å². The van der Waals surface area contributed by atoms with Crippen molar-refractivity contribution in [3.05, 3.63) is 30.1 Å². The van der Waals surface area contributed by atoms with E-state index in [4.69, 9.17) is 10.5 Å². The number of pyridine rings is 1. The Morgan fingerprint density at radius 2 is 2.15 bits per heavy atom. The second-order valence-electron chi connectivity index (χ2n) is 5.22. The molecule has 1 amide bonds. The Morgan fingerprint density at radius 1 is 1.50 bits per heavy atom. The number of aromatic nitrogens is 1. The molecule has 2 N–H and O–H groups in total. The molecule has 1 aromatic rings. The molecule has 0 radical (unpaired) electrons. The summed E-state index contributed by atoms with van der Waals surface area (Å²) in [6.45, 7) is 2.33. The van der Waals surface area contributed by atoms with Gasteiger partial charge in [-0.25, -0.2) is 0 Å². The summed E-state index contributed by atoms with van der Waals surface area (Å²) < 4.78 is 44.9. The maximum Gasteiger partial charge on any atom is 0.417 e. The Morgan fingerprint density at radius 3 is 2.55 bits per heavy atom. The number of hydrogen-bond donors (Lipinski definition) is 1. The lowest BCUT2D eigenvalue weighted by atomic mass is 9.84. The first-order chi connectivity index (χ1) is 9.13. The molecular formula is C13H15F3N2O2. The number of nitrogens with two attached hydrogens (primary N) is 1. The largest absolute Gasteiger partial charge is 0.417 e. The summed E-state index contributed by atoms with van der Waals surface area (Å²) in [5.74, 6) is -1.88. The van der Waals surface area contributed by atoms with E-state index in [2.05, 4.69) is 4.98 Å². The van der Waals surface area contributed by atoms with Gasteiger partial charge >= 0.3 is 6.18 Å². The Kier molecular flexibility index (Phi) is 3.28. The average molecular weight is 288 g/mol. The predicted octanol–water partition coefficient (Wildman–Crippen LogP) is 2.14. The van der Waals surface area contributed by atoms with Crippen molar-refractivity contribution >= 4 is 5.91 Å². The lowest BCUT2D eigenvalue weighted by molar-refractivity contribution is -0.285. The molecule has 2 rings (SSSR count). The number of ether oxygens (including phenoxy) is 1. The number of amides is 1. The van der Waals surface area contributed by atoms with Gasteiger partial charge in [0.1, 0.15) is 0 Å². The highest BCUT2D eigenvalue weighted by Gasteiger charge is 2.67. The van der Waals surface area contributed by atoms with E-state index in [1.165, 1.54) is 19.2 Å². The molecule has 3 atom stereocenters. The van der Waals surface area contributed by atoms with Crippen LogP contribution in [0.15, 0.2) is 24.4 Å². The number of alkyl halides is 3. The highest BCUT2D eigenvalue weighted by Crippen LogP contribution is 2.53. The van der Waals surface area contributed by atoms with Crippen molar-refractivity contribution in [1.29, 1.82) is 0 Å². The third-order valence-electron chi connectivity index (χ3n) is 3.96. The molecule has 4 nitrogen and oxygen atoms in total. The molecule has 1 aromatic heterocycles. The number of nitrogens with zero attached hydrogens (tertiary/aromatic N) is 1. The van der Waals surface area contributed by atoms with Crippen molar-refractivity contribution in [1.82, 2.24) is 4.98 Å². The van der Waals surface area contributed by atoms with Crippen LogP contribution in [0.3, 0.4) is 0 Å². The van der Waals surface area contributed by atoms with Crippen LogP contribution >= 0.6 is 0 Å². The van der Waals surface area contributed by atoms with Gasteiger partial charge in [0.05, 0.1) is 5.69 Å². The SMILES string of the molecule is CC1CC(C(N)=O)(c2ccccn2)OC1(C)C(F)(F)F. The topological polar surface area (TPSA) is 65.2 Å². The second-order valence-corrected chi connectivity index (χ2v) is 5.22. The molecular weight excluding hydrogens is 273 g/mol. The zero-order chi connectivity index (χ0) is 15.2. The van der Waals surface area contributed by atoms with Crippen LogP contribution in [-0.4, -0.2) is 22.7 Å². The van der Waals surface area contributed by atoms with Crippen LogP contribution in [0.25, 0.3) is 0 Å². The first-order valence-electron chi connectivity index (χ1n) is 6.12. The molecule has 0 aliphatic carbocycles. The zero-order valence-electron chi connectivity index (χ0n) is 11.1. The fourth-order valence-corrected chi connectivity index (χ4v) is 2.50. The molecule has 1 fully saturated rings. The molecule has 0 spiro atoms. The van der Waals surface area contributed by atoms with Crippen LogP contribution in [0.2, 0.25) is 0 Å². The van der Waals surface area contributed by atoms with Gasteiger partial charge in [-0.05, 0) is 31.4 Å². The van der Waals surface area contributed by atoms with E-state index in [0.717, 1.165) is 6.92 Å². The van der Waals surface area contributed by atoms with Gasteiger partial charge in [0.15, 0.2) is 11.2 Å². The smallest absolute Gasteiger partial charge is 0.367 e. The summed E-state index contributed by atoms with van der Waals surface area (Å²) in [4.78, 5) is 15.7. The zero-order valence-corrected chi connectivity index (χ0v) is 11.1. The van der Waals surface area contributed by atoms with Crippen LogP contribution in [0.5, 0.6) is 0 Å². The van der Waals surface area contributed by atoms with E-state index in [1.807, 2.05) is 0 Å². The Hall–Kier alpha value is -1.63. The molecule has 0 aromatic carbocycles. The number of halogens is 3. The Bertz CT molecular complexity index is 520. The molecule has 20 heavy (non-hydrogen) atoms. The van der Waals surface area contributed by atoms with E-state index >= 15 is 0 Å². The summed E-state index contributed by atoms with van der Waals surface area (Å²) in [6, 6.07) is 4.61. The van der Waals surface area contributed by atoms with Crippen molar-refractivity contribution in [3.8, 4) is 0 Å². The van der Waals surface area contributed by atoms with Gasteiger partial charge < -0.3 is 10.5 Å². The Balaban J connectivity index is 2.52. The number of carbonyl (C=O) groups is 1. The van der Waals surface area contributed by atoms with Gasteiger partial charge in [0.2, 0.25) is 0 Å². The van der Waals surface area contributed by atoms with Gasteiger partial charge in [-0.15, -0.1) is 0 Å². The van der Waals surface area contributed by atoms with E-state index in [9.17, 15) is 18.0 Å². The minimum atomic E-state index is -4.60. The van der Waals surface area contributed by atoms with Crippen LogP contribution in [0.4, 0.5) is 13.2 Å². The maximum atomic E-state index is 13.2. The van der Waals surface area contributed by atoms with Crippen LogP contribution in [0, 0.1) is 5.92 Å². The van der Waals surface area contributed by atoms with E-state index in [-0.39, 0.29) is 12.1 Å². The third kappa shape index (κ3) is 1.96. The van der Waals surface area contributed by atoms with Gasteiger partial charge in [-0.2, -0.15) is 13.2 Å². The highest BCUT2D eigenvalue weighted by atomic mass is 19.4. The van der Waals surface area contributed by atoms with E-state index in [1.54, 1.807) is 12.1 Å². The predicted molar refractivity (Wildman–Crippen MR) is 64.4 cm³/mol. The minimum Gasteiger partial charge on any atom is -0.367 e. The molecule has 0 saturated carbocycles. The fourth-order valence-electron chi connectivity index (χ4n) is 2.50. The lowest BCUT2D eigenvalue weighted by Gasteiger charge is -2.33. The van der Waals surface area contributed by atoms with Crippen molar-refractivity contribution in [3.63, 3.8) is 0 Å². The number of primary amides is 1. The average Bonchev–Trinajstić information content (AvgIpc) is 2.65. The molecule has 1 saturated heterocycles. The standard InChI is InChI=1S/C13H15F3N2O2/c1-8-7-12(10(17)19,9-5-3-4-6-18-9)20-11(8,2)13(14,15)16/h3-6,8H,7H2,1-2H3,(H2,17,19). The molecule has 3 unspecified atom stereocenters. The van der Waals surface area contributed by atoms with Crippen molar-refractivity contribution in [2.24, 2.45) is 11.7 Å². The molecule has 1 aliphatic rings. The summed E-state index contributed by atoms with van der Waals surface area (Å²) in [7, 11) is 0. The molecule has 110 valence electrons. The van der Waals surface area contributed by atoms with Gasteiger partial charge in [-0.1, -0.05) is 13.0 Å². The molecule has 0 bridgehead atoms. The van der Waals surface area contributed by atoms with Crippen LogP contribution < -0.4 is 5.73 Å². The van der Waals surface area contributed by atoms with Gasteiger partial charge in [-0.3, -0.25) is 9.78 Å². The number of rotatable bonds is 2. The highest BCUT2D eigenvalue weighted by molar-refractivity contribution is 5.85. The third-order valence-corrected chi connectivity index (χ3v) is 3.96.